The minimum absolute atomic E-state index is 0. The summed E-state index contributed by atoms with van der Waals surface area (Å²) in [4.78, 5) is 6.82. The first-order valence-corrected chi connectivity index (χ1v) is 9.25. The molecule has 5 nitrogen and oxygen atoms in total. The van der Waals surface area contributed by atoms with Crippen LogP contribution in [0.5, 0.6) is 0 Å². The van der Waals surface area contributed by atoms with Gasteiger partial charge < -0.3 is 15.4 Å². The quantitative estimate of drug-likeness (QED) is 0.235. The zero-order chi connectivity index (χ0) is 18.7. The van der Waals surface area contributed by atoms with Gasteiger partial charge in [0.2, 0.25) is 0 Å². The molecule has 0 spiro atoms. The zero-order valence-electron chi connectivity index (χ0n) is 17.2. The summed E-state index contributed by atoms with van der Waals surface area (Å²) in [5.41, 5.74) is 2.41. The largest absolute Gasteiger partial charge is 0.380 e. The molecule has 1 aromatic carbocycles. The van der Waals surface area contributed by atoms with E-state index in [1.165, 1.54) is 11.1 Å². The number of halogens is 1. The Labute approximate surface area is 177 Å². The number of nitrogens with zero attached hydrogens (tertiary/aromatic N) is 2. The van der Waals surface area contributed by atoms with Crippen molar-refractivity contribution in [1.29, 1.82) is 0 Å². The predicted octanol–water partition coefficient (Wildman–Crippen LogP) is 3.62. The highest BCUT2D eigenvalue weighted by atomic mass is 127. The van der Waals surface area contributed by atoms with Gasteiger partial charge in [0, 0.05) is 45.9 Å². The molecule has 0 saturated carbocycles. The first kappa shape index (κ1) is 25.1. The Morgan fingerprint density at radius 3 is 2.35 bits per heavy atom. The number of nitrogens with one attached hydrogen (secondary N) is 2. The molecular weight excluding hydrogens is 439 g/mol. The number of methoxy groups -OCH3 is 1. The molecule has 0 aliphatic heterocycles. The van der Waals surface area contributed by atoms with Crippen molar-refractivity contribution in [1.82, 2.24) is 15.5 Å². The first-order chi connectivity index (χ1) is 12.0. The molecule has 1 aromatic rings. The average Bonchev–Trinajstić information content (AvgIpc) is 2.57. The van der Waals surface area contributed by atoms with Crippen LogP contribution in [0.25, 0.3) is 0 Å². The highest BCUT2D eigenvalue weighted by molar-refractivity contribution is 14.0. The van der Waals surface area contributed by atoms with E-state index in [-0.39, 0.29) is 24.0 Å². The fraction of sp³-hybridized carbons (Fsp3) is 0.650. The van der Waals surface area contributed by atoms with Crippen LogP contribution in [-0.2, 0) is 17.9 Å². The second-order valence-corrected chi connectivity index (χ2v) is 6.88. The molecule has 6 heteroatoms. The van der Waals surface area contributed by atoms with Crippen LogP contribution in [0.4, 0.5) is 0 Å². The summed E-state index contributed by atoms with van der Waals surface area (Å²) in [6.45, 7) is 12.4. The third-order valence-electron chi connectivity index (χ3n) is 4.20. The van der Waals surface area contributed by atoms with Crippen molar-refractivity contribution < 1.29 is 4.74 Å². The fourth-order valence-electron chi connectivity index (χ4n) is 2.98. The van der Waals surface area contributed by atoms with E-state index in [0.717, 1.165) is 32.0 Å². The zero-order valence-corrected chi connectivity index (χ0v) is 19.5. The van der Waals surface area contributed by atoms with Crippen molar-refractivity contribution in [2.24, 2.45) is 4.99 Å². The van der Waals surface area contributed by atoms with Gasteiger partial charge in [0.15, 0.2) is 5.96 Å². The molecule has 150 valence electrons. The Bertz CT molecular complexity index is 512. The molecule has 0 aliphatic carbocycles. The maximum absolute atomic E-state index is 5.19. The molecule has 0 bridgehead atoms. The van der Waals surface area contributed by atoms with Crippen LogP contribution in [0.2, 0.25) is 0 Å². The molecule has 0 aliphatic rings. The molecule has 0 fully saturated rings. The Hall–Kier alpha value is -0.860. The van der Waals surface area contributed by atoms with Crippen LogP contribution < -0.4 is 10.6 Å². The Morgan fingerprint density at radius 2 is 1.77 bits per heavy atom. The summed E-state index contributed by atoms with van der Waals surface area (Å²) in [5.74, 6) is 0.845. The van der Waals surface area contributed by atoms with E-state index in [0.29, 0.717) is 18.7 Å². The molecule has 1 rings (SSSR count). The van der Waals surface area contributed by atoms with E-state index < -0.39 is 0 Å². The van der Waals surface area contributed by atoms with Crippen LogP contribution in [0, 0.1) is 0 Å². The minimum Gasteiger partial charge on any atom is -0.380 e. The van der Waals surface area contributed by atoms with Crippen LogP contribution in [0.15, 0.2) is 29.3 Å². The van der Waals surface area contributed by atoms with Gasteiger partial charge in [0.25, 0.3) is 0 Å². The van der Waals surface area contributed by atoms with E-state index in [1.54, 1.807) is 7.11 Å². The highest BCUT2D eigenvalue weighted by Gasteiger charge is 2.12. The van der Waals surface area contributed by atoms with Gasteiger partial charge in [-0.15, -0.1) is 24.0 Å². The summed E-state index contributed by atoms with van der Waals surface area (Å²) in [6, 6.07) is 9.58. The molecule has 0 radical (unpaired) electrons. The second-order valence-electron chi connectivity index (χ2n) is 6.88. The van der Waals surface area contributed by atoms with Gasteiger partial charge in [0.05, 0.1) is 6.61 Å². The maximum Gasteiger partial charge on any atom is 0.191 e. The van der Waals surface area contributed by atoms with Crippen molar-refractivity contribution in [3.8, 4) is 0 Å². The van der Waals surface area contributed by atoms with Gasteiger partial charge in [-0.3, -0.25) is 9.89 Å². The summed E-state index contributed by atoms with van der Waals surface area (Å²) < 4.78 is 5.19. The lowest BCUT2D eigenvalue weighted by Gasteiger charge is -2.30. The third kappa shape index (κ3) is 9.73. The molecule has 0 amide bonds. The van der Waals surface area contributed by atoms with Crippen LogP contribution in [0.1, 0.15) is 45.2 Å². The predicted molar refractivity (Wildman–Crippen MR) is 122 cm³/mol. The number of benzene rings is 1. The lowest BCUT2D eigenvalue weighted by molar-refractivity contribution is 0.173. The fourth-order valence-corrected chi connectivity index (χ4v) is 2.98. The number of guanidine groups is 1. The molecule has 2 N–H and O–H groups in total. The lowest BCUT2D eigenvalue weighted by Crippen LogP contribution is -2.41. The Morgan fingerprint density at radius 1 is 1.12 bits per heavy atom. The van der Waals surface area contributed by atoms with E-state index in [2.05, 4.69) is 72.5 Å². The van der Waals surface area contributed by atoms with Crippen molar-refractivity contribution in [3.05, 3.63) is 35.4 Å². The summed E-state index contributed by atoms with van der Waals surface area (Å²) >= 11 is 0. The van der Waals surface area contributed by atoms with Gasteiger partial charge in [-0.1, -0.05) is 24.3 Å². The van der Waals surface area contributed by atoms with Gasteiger partial charge in [-0.25, -0.2) is 0 Å². The van der Waals surface area contributed by atoms with E-state index >= 15 is 0 Å². The third-order valence-corrected chi connectivity index (χ3v) is 4.20. The second kappa shape index (κ2) is 14.2. The number of hydrogen-bond acceptors (Lipinski definition) is 3. The Kier molecular flexibility index (Phi) is 13.8. The topological polar surface area (TPSA) is 48.9 Å². The van der Waals surface area contributed by atoms with Gasteiger partial charge >= 0.3 is 0 Å². The monoisotopic (exact) mass is 476 g/mol. The molecule has 26 heavy (non-hydrogen) atoms. The molecule has 0 aromatic heterocycles. The van der Waals surface area contributed by atoms with Crippen molar-refractivity contribution >= 4 is 29.9 Å². The average molecular weight is 476 g/mol. The number of ether oxygens (including phenoxy) is 1. The first-order valence-electron chi connectivity index (χ1n) is 9.25. The van der Waals surface area contributed by atoms with Crippen molar-refractivity contribution in [2.75, 3.05) is 27.2 Å². The van der Waals surface area contributed by atoms with Gasteiger partial charge in [-0.05, 0) is 45.2 Å². The number of aliphatic imine (C=N–C) groups is 1. The van der Waals surface area contributed by atoms with Crippen LogP contribution >= 0.6 is 24.0 Å². The molecule has 0 saturated heterocycles. The highest BCUT2D eigenvalue weighted by Crippen LogP contribution is 2.06. The van der Waals surface area contributed by atoms with E-state index in [9.17, 15) is 0 Å². The van der Waals surface area contributed by atoms with Crippen LogP contribution in [0.3, 0.4) is 0 Å². The molecular formula is C20H37IN4O. The molecule has 0 unspecified atom stereocenters. The lowest BCUT2D eigenvalue weighted by atomic mass is 10.1. The SMILES string of the molecule is CN=C(NCCCN(C(C)C)C(C)C)NCc1cccc(COC)c1.I. The van der Waals surface area contributed by atoms with E-state index in [1.807, 2.05) is 7.05 Å². The standard InChI is InChI=1S/C20H36N4O.HI/c1-16(2)24(17(3)4)12-8-11-22-20(21-5)23-14-18-9-7-10-19(13-18)15-25-6;/h7,9-10,13,16-17H,8,11-12,14-15H2,1-6H3,(H2,21,22,23);1H. The summed E-state index contributed by atoms with van der Waals surface area (Å²) in [5, 5.41) is 6.77. The van der Waals surface area contributed by atoms with Crippen LogP contribution in [-0.4, -0.2) is 50.2 Å². The van der Waals surface area contributed by atoms with Gasteiger partial charge in [0.1, 0.15) is 0 Å². The Balaban J connectivity index is 0.00000625. The van der Waals surface area contributed by atoms with Crippen molar-refractivity contribution in [2.45, 2.75) is 59.4 Å². The minimum atomic E-state index is 0. The number of rotatable bonds is 10. The summed E-state index contributed by atoms with van der Waals surface area (Å²) in [6.07, 6.45) is 1.10. The van der Waals surface area contributed by atoms with E-state index in [4.69, 9.17) is 4.74 Å². The normalized spacial score (nSPS) is 11.8. The smallest absolute Gasteiger partial charge is 0.191 e. The summed E-state index contributed by atoms with van der Waals surface area (Å²) in [7, 11) is 3.53. The molecule has 0 atom stereocenters. The molecule has 0 heterocycles. The maximum atomic E-state index is 5.19. The van der Waals surface area contributed by atoms with Crippen molar-refractivity contribution in [3.63, 3.8) is 0 Å². The van der Waals surface area contributed by atoms with Gasteiger partial charge in [-0.2, -0.15) is 0 Å². The number of hydrogen-bond donors (Lipinski definition) is 2.